The molecular formula is C12H12Cl3NO3S. The number of hydrogen-bond donors (Lipinski definition) is 1. The highest BCUT2D eigenvalue weighted by molar-refractivity contribution is 7.91. The first-order valence-electron chi connectivity index (χ1n) is 5.91. The van der Waals surface area contributed by atoms with Crippen LogP contribution in [0.2, 0.25) is 15.1 Å². The number of nitrogens with one attached hydrogen (secondary N) is 1. The Kier molecular flexibility index (Phi) is 4.84. The summed E-state index contributed by atoms with van der Waals surface area (Å²) in [6, 6.07) is 2.91. The first kappa shape index (κ1) is 15.9. The highest BCUT2D eigenvalue weighted by Crippen LogP contribution is 2.32. The summed E-state index contributed by atoms with van der Waals surface area (Å²) in [6.07, 6.45) is 0.667. The van der Waals surface area contributed by atoms with Gasteiger partial charge < -0.3 is 5.32 Å². The van der Waals surface area contributed by atoms with Crippen LogP contribution in [0.4, 0.5) is 5.69 Å². The maximum atomic E-state index is 11.9. The van der Waals surface area contributed by atoms with Gasteiger partial charge in [-0.15, -0.1) is 0 Å². The number of amides is 1. The molecule has 1 fully saturated rings. The molecule has 1 amide bonds. The quantitative estimate of drug-likeness (QED) is 0.844. The van der Waals surface area contributed by atoms with Gasteiger partial charge in [-0.1, -0.05) is 34.8 Å². The van der Waals surface area contributed by atoms with Gasteiger partial charge in [0.2, 0.25) is 5.91 Å². The van der Waals surface area contributed by atoms with E-state index in [-0.39, 0.29) is 39.8 Å². The summed E-state index contributed by atoms with van der Waals surface area (Å²) < 4.78 is 22.7. The van der Waals surface area contributed by atoms with Crippen molar-refractivity contribution < 1.29 is 13.2 Å². The van der Waals surface area contributed by atoms with Crippen LogP contribution in [0.15, 0.2) is 12.1 Å². The maximum absolute atomic E-state index is 11.9. The zero-order valence-corrected chi connectivity index (χ0v) is 13.4. The summed E-state index contributed by atoms with van der Waals surface area (Å²) >= 11 is 17.6. The van der Waals surface area contributed by atoms with Crippen molar-refractivity contribution in [2.75, 3.05) is 16.8 Å². The summed E-state index contributed by atoms with van der Waals surface area (Å²) in [4.78, 5) is 11.9. The molecule has 1 aromatic carbocycles. The van der Waals surface area contributed by atoms with Crippen molar-refractivity contribution in [1.82, 2.24) is 0 Å². The average molecular weight is 357 g/mol. The number of halogens is 3. The van der Waals surface area contributed by atoms with E-state index in [1.807, 2.05) is 0 Å². The molecule has 110 valence electrons. The molecule has 0 saturated carbocycles. The fourth-order valence-corrected chi connectivity index (χ4v) is 4.57. The van der Waals surface area contributed by atoms with Crippen LogP contribution in [-0.2, 0) is 14.6 Å². The number of anilines is 1. The van der Waals surface area contributed by atoms with Crippen molar-refractivity contribution in [2.45, 2.75) is 12.8 Å². The molecule has 1 saturated heterocycles. The SMILES string of the molecule is O=C(CC1CCS(=O)(=O)C1)Nc1cc(Cl)c(Cl)cc1Cl. The minimum Gasteiger partial charge on any atom is -0.325 e. The molecule has 0 aliphatic carbocycles. The Bertz CT molecular complexity index is 646. The molecule has 1 heterocycles. The monoisotopic (exact) mass is 355 g/mol. The van der Waals surface area contributed by atoms with E-state index in [0.29, 0.717) is 17.1 Å². The third-order valence-electron chi connectivity index (χ3n) is 3.08. The second-order valence-electron chi connectivity index (χ2n) is 4.77. The second-order valence-corrected chi connectivity index (χ2v) is 8.22. The van der Waals surface area contributed by atoms with Crippen LogP contribution < -0.4 is 5.32 Å². The molecule has 1 N–H and O–H groups in total. The molecule has 0 bridgehead atoms. The van der Waals surface area contributed by atoms with E-state index in [0.717, 1.165) is 0 Å². The predicted molar refractivity (Wildman–Crippen MR) is 81.5 cm³/mol. The number of rotatable bonds is 3. The van der Waals surface area contributed by atoms with E-state index in [2.05, 4.69) is 5.32 Å². The van der Waals surface area contributed by atoms with Gasteiger partial charge in [0.1, 0.15) is 0 Å². The van der Waals surface area contributed by atoms with Crippen LogP contribution in [0.3, 0.4) is 0 Å². The molecule has 1 unspecified atom stereocenters. The van der Waals surface area contributed by atoms with Gasteiger partial charge in [-0.05, 0) is 24.5 Å². The van der Waals surface area contributed by atoms with Crippen LogP contribution in [0, 0.1) is 5.92 Å². The summed E-state index contributed by atoms with van der Waals surface area (Å²) in [5.74, 6) is -0.206. The molecule has 1 atom stereocenters. The molecule has 8 heteroatoms. The average Bonchev–Trinajstić information content (AvgIpc) is 2.65. The van der Waals surface area contributed by atoms with Crippen molar-refractivity contribution in [2.24, 2.45) is 5.92 Å². The Morgan fingerprint density at radius 2 is 1.85 bits per heavy atom. The van der Waals surface area contributed by atoms with Crippen molar-refractivity contribution >= 4 is 56.2 Å². The Morgan fingerprint density at radius 1 is 1.20 bits per heavy atom. The maximum Gasteiger partial charge on any atom is 0.224 e. The van der Waals surface area contributed by atoms with Gasteiger partial charge >= 0.3 is 0 Å². The molecule has 20 heavy (non-hydrogen) atoms. The fourth-order valence-electron chi connectivity index (χ4n) is 2.11. The van der Waals surface area contributed by atoms with E-state index < -0.39 is 9.84 Å². The molecule has 2 rings (SSSR count). The fraction of sp³-hybridized carbons (Fsp3) is 0.417. The van der Waals surface area contributed by atoms with E-state index in [4.69, 9.17) is 34.8 Å². The lowest BCUT2D eigenvalue weighted by Crippen LogP contribution is -2.17. The van der Waals surface area contributed by atoms with Crippen molar-refractivity contribution in [1.29, 1.82) is 0 Å². The van der Waals surface area contributed by atoms with E-state index in [1.165, 1.54) is 12.1 Å². The van der Waals surface area contributed by atoms with Gasteiger partial charge in [0.15, 0.2) is 9.84 Å². The van der Waals surface area contributed by atoms with Crippen LogP contribution in [0.5, 0.6) is 0 Å². The second kappa shape index (κ2) is 6.10. The number of carbonyl (C=O) groups is 1. The van der Waals surface area contributed by atoms with Gasteiger partial charge in [0, 0.05) is 6.42 Å². The summed E-state index contributed by atoms with van der Waals surface area (Å²) in [5.41, 5.74) is 0.368. The van der Waals surface area contributed by atoms with Crippen molar-refractivity contribution in [3.8, 4) is 0 Å². The number of sulfone groups is 1. The van der Waals surface area contributed by atoms with Gasteiger partial charge in [0.05, 0.1) is 32.3 Å². The topological polar surface area (TPSA) is 63.2 Å². The minimum absolute atomic E-state index is 0.0650. The molecule has 1 aliphatic rings. The smallest absolute Gasteiger partial charge is 0.224 e. The molecule has 1 aliphatic heterocycles. The zero-order chi connectivity index (χ0) is 14.9. The summed E-state index contributed by atoms with van der Waals surface area (Å²) in [7, 11) is -2.98. The van der Waals surface area contributed by atoms with Gasteiger partial charge in [0.25, 0.3) is 0 Å². The Labute approximate surface area is 132 Å². The number of carbonyl (C=O) groups excluding carboxylic acids is 1. The zero-order valence-electron chi connectivity index (χ0n) is 10.3. The van der Waals surface area contributed by atoms with E-state index in [9.17, 15) is 13.2 Å². The van der Waals surface area contributed by atoms with Gasteiger partial charge in [-0.3, -0.25) is 4.79 Å². The lowest BCUT2D eigenvalue weighted by molar-refractivity contribution is -0.116. The Morgan fingerprint density at radius 3 is 2.45 bits per heavy atom. The third kappa shape index (κ3) is 4.01. The summed E-state index contributed by atoms with van der Waals surface area (Å²) in [5, 5.41) is 3.50. The normalized spacial score (nSPS) is 20.9. The van der Waals surface area contributed by atoms with E-state index in [1.54, 1.807) is 0 Å². The lowest BCUT2D eigenvalue weighted by Gasteiger charge is -2.11. The number of benzene rings is 1. The Balaban J connectivity index is 2.00. The van der Waals surface area contributed by atoms with Crippen LogP contribution in [0.1, 0.15) is 12.8 Å². The van der Waals surface area contributed by atoms with Crippen LogP contribution >= 0.6 is 34.8 Å². The molecule has 4 nitrogen and oxygen atoms in total. The first-order chi connectivity index (χ1) is 9.27. The van der Waals surface area contributed by atoms with Crippen molar-refractivity contribution in [3.63, 3.8) is 0 Å². The van der Waals surface area contributed by atoms with Crippen LogP contribution in [0.25, 0.3) is 0 Å². The largest absolute Gasteiger partial charge is 0.325 e. The van der Waals surface area contributed by atoms with Gasteiger partial charge in [-0.25, -0.2) is 8.42 Å². The highest BCUT2D eigenvalue weighted by Gasteiger charge is 2.29. The summed E-state index contributed by atoms with van der Waals surface area (Å²) in [6.45, 7) is 0. The Hall–Kier alpha value is -0.490. The molecular weight excluding hydrogens is 345 g/mol. The predicted octanol–water partition coefficient (Wildman–Crippen LogP) is 3.41. The lowest BCUT2D eigenvalue weighted by atomic mass is 10.1. The highest BCUT2D eigenvalue weighted by atomic mass is 35.5. The molecule has 0 radical (unpaired) electrons. The third-order valence-corrected chi connectivity index (χ3v) is 5.96. The van der Waals surface area contributed by atoms with Crippen molar-refractivity contribution in [3.05, 3.63) is 27.2 Å². The standard InChI is InChI=1S/C12H12Cl3NO3S/c13-8-4-10(15)11(5-9(8)14)16-12(17)3-7-1-2-20(18,19)6-7/h4-5,7H,1-3,6H2,(H,16,17). The van der Waals surface area contributed by atoms with Gasteiger partial charge in [-0.2, -0.15) is 0 Å². The number of hydrogen-bond acceptors (Lipinski definition) is 3. The van der Waals surface area contributed by atoms with Crippen LogP contribution in [-0.4, -0.2) is 25.8 Å². The first-order valence-corrected chi connectivity index (χ1v) is 8.87. The molecule has 0 spiro atoms. The molecule has 1 aromatic rings. The minimum atomic E-state index is -2.98. The van der Waals surface area contributed by atoms with E-state index >= 15 is 0 Å². The molecule has 0 aromatic heterocycles.